The molecule has 8 heteroatoms. The average Bonchev–Trinajstić information content (AvgIpc) is 3.28. The van der Waals surface area contributed by atoms with Crippen LogP contribution in [-0.4, -0.2) is 28.3 Å². The van der Waals surface area contributed by atoms with Gasteiger partial charge in [-0.1, -0.05) is 60.7 Å². The molecule has 0 atom stereocenters. The van der Waals surface area contributed by atoms with E-state index in [4.69, 9.17) is 9.47 Å². The molecule has 0 saturated carbocycles. The Morgan fingerprint density at radius 1 is 0.938 bits per heavy atom. The molecule has 4 rings (SSSR count). The fourth-order valence-corrected chi connectivity index (χ4v) is 4.32. The highest BCUT2D eigenvalue weighted by Gasteiger charge is 2.18. The van der Waals surface area contributed by atoms with Crippen molar-refractivity contribution in [3.05, 3.63) is 104 Å². The predicted molar refractivity (Wildman–Crippen MR) is 123 cm³/mol. The molecule has 0 aliphatic rings. The number of aryl methyl sites for hydroxylation is 1. The van der Waals surface area contributed by atoms with E-state index in [1.807, 2.05) is 60.7 Å². The second kappa shape index (κ2) is 9.76. The zero-order valence-electron chi connectivity index (χ0n) is 17.5. The number of nitrogens with zero attached hydrogens (tertiary/aromatic N) is 2. The molecule has 0 saturated heterocycles. The maximum absolute atomic E-state index is 13.0. The van der Waals surface area contributed by atoms with Gasteiger partial charge in [0.25, 0.3) is 5.56 Å². The summed E-state index contributed by atoms with van der Waals surface area (Å²) in [6.45, 7) is 0.950. The zero-order valence-corrected chi connectivity index (χ0v) is 18.3. The molecule has 2 aromatic heterocycles. The van der Waals surface area contributed by atoms with Crippen LogP contribution in [0.15, 0.2) is 76.3 Å². The minimum atomic E-state index is -0.545. The third kappa shape index (κ3) is 4.71. The molecule has 7 nitrogen and oxygen atoms in total. The molecule has 164 valence electrons. The van der Waals surface area contributed by atoms with E-state index in [2.05, 4.69) is 0 Å². The van der Waals surface area contributed by atoms with Gasteiger partial charge < -0.3 is 9.47 Å². The molecule has 2 heterocycles. The number of hydrogen-bond acceptors (Lipinski definition) is 6. The standard InChI is InChI=1S/C24H22N2O5S/c1-25-22-19(21(27)26(24(25)29)15-17-8-4-2-5-9-17)14-20(32-22)23(28)31-13-12-30-16-18-10-6-3-7-11-18/h2-11,14H,12-13,15-16H2,1H3. The van der Waals surface area contributed by atoms with E-state index in [0.29, 0.717) is 16.8 Å². The Balaban J connectivity index is 1.46. The van der Waals surface area contributed by atoms with Crippen molar-refractivity contribution in [2.24, 2.45) is 7.05 Å². The molecule has 0 unspecified atom stereocenters. The molecule has 2 aromatic carbocycles. The molecular formula is C24H22N2O5S. The molecule has 0 N–H and O–H groups in total. The number of thiophene rings is 1. The van der Waals surface area contributed by atoms with E-state index < -0.39 is 17.2 Å². The lowest BCUT2D eigenvalue weighted by Gasteiger charge is -2.08. The van der Waals surface area contributed by atoms with Crippen molar-refractivity contribution in [3.8, 4) is 0 Å². The minimum absolute atomic E-state index is 0.0943. The quantitative estimate of drug-likeness (QED) is 0.304. The third-order valence-electron chi connectivity index (χ3n) is 4.97. The number of carbonyl (C=O) groups is 1. The molecular weight excluding hydrogens is 428 g/mol. The van der Waals surface area contributed by atoms with Gasteiger partial charge in [0.15, 0.2) is 0 Å². The summed E-state index contributed by atoms with van der Waals surface area (Å²) in [5.41, 5.74) is 1.03. The van der Waals surface area contributed by atoms with Crippen molar-refractivity contribution >= 4 is 27.5 Å². The Labute approximate surface area is 188 Å². The minimum Gasteiger partial charge on any atom is -0.459 e. The predicted octanol–water partition coefficient (Wildman–Crippen LogP) is 3.18. The number of esters is 1. The van der Waals surface area contributed by atoms with E-state index >= 15 is 0 Å². The highest BCUT2D eigenvalue weighted by Crippen LogP contribution is 2.22. The Morgan fingerprint density at radius 2 is 1.59 bits per heavy atom. The first-order valence-electron chi connectivity index (χ1n) is 10.1. The van der Waals surface area contributed by atoms with Gasteiger partial charge in [0.1, 0.15) is 16.3 Å². The number of ether oxygens (including phenoxy) is 2. The number of fused-ring (bicyclic) bond motifs is 1. The maximum Gasteiger partial charge on any atom is 0.348 e. The average molecular weight is 451 g/mol. The summed E-state index contributed by atoms with van der Waals surface area (Å²) in [5, 5.41) is 0.320. The van der Waals surface area contributed by atoms with Crippen molar-refractivity contribution in [3.63, 3.8) is 0 Å². The van der Waals surface area contributed by atoms with Gasteiger partial charge in [-0.05, 0) is 17.2 Å². The van der Waals surface area contributed by atoms with Crippen LogP contribution in [-0.2, 0) is 29.7 Å². The summed E-state index contributed by atoms with van der Waals surface area (Å²) in [5.74, 6) is -0.545. The number of aromatic nitrogens is 2. The molecule has 0 radical (unpaired) electrons. The van der Waals surface area contributed by atoms with E-state index in [1.54, 1.807) is 7.05 Å². The Hall–Kier alpha value is -3.49. The number of benzene rings is 2. The van der Waals surface area contributed by atoms with E-state index in [0.717, 1.165) is 22.5 Å². The lowest BCUT2D eigenvalue weighted by atomic mass is 10.2. The maximum atomic E-state index is 13.0. The largest absolute Gasteiger partial charge is 0.459 e. The normalized spacial score (nSPS) is 11.0. The van der Waals surface area contributed by atoms with Gasteiger partial charge in [-0.15, -0.1) is 11.3 Å². The Kier molecular flexibility index (Phi) is 6.63. The van der Waals surface area contributed by atoms with Crippen molar-refractivity contribution in [1.29, 1.82) is 0 Å². The summed E-state index contributed by atoms with van der Waals surface area (Å²) in [6.07, 6.45) is 0. The van der Waals surface area contributed by atoms with Crippen molar-refractivity contribution < 1.29 is 14.3 Å². The zero-order chi connectivity index (χ0) is 22.5. The van der Waals surface area contributed by atoms with E-state index in [9.17, 15) is 14.4 Å². The summed E-state index contributed by atoms with van der Waals surface area (Å²) >= 11 is 1.07. The number of carbonyl (C=O) groups excluding carboxylic acids is 1. The highest BCUT2D eigenvalue weighted by atomic mass is 32.1. The van der Waals surface area contributed by atoms with Crippen LogP contribution >= 0.6 is 11.3 Å². The summed E-state index contributed by atoms with van der Waals surface area (Å²) < 4.78 is 13.4. The van der Waals surface area contributed by atoms with Gasteiger partial charge in [0.05, 0.1) is 25.1 Å². The smallest absolute Gasteiger partial charge is 0.348 e. The number of rotatable bonds is 8. The van der Waals surface area contributed by atoms with Gasteiger partial charge in [-0.25, -0.2) is 9.59 Å². The van der Waals surface area contributed by atoms with Crippen LogP contribution in [0.5, 0.6) is 0 Å². The first-order valence-corrected chi connectivity index (χ1v) is 10.9. The lowest BCUT2D eigenvalue weighted by Crippen LogP contribution is -2.38. The van der Waals surface area contributed by atoms with Crippen LogP contribution in [0, 0.1) is 0 Å². The molecule has 0 amide bonds. The summed E-state index contributed by atoms with van der Waals surface area (Å²) in [4.78, 5) is 38.9. The monoisotopic (exact) mass is 450 g/mol. The second-order valence-electron chi connectivity index (χ2n) is 7.22. The second-order valence-corrected chi connectivity index (χ2v) is 8.25. The topological polar surface area (TPSA) is 79.5 Å². The van der Waals surface area contributed by atoms with Crippen LogP contribution < -0.4 is 11.2 Å². The van der Waals surface area contributed by atoms with Crippen LogP contribution in [0.2, 0.25) is 0 Å². The van der Waals surface area contributed by atoms with Crippen molar-refractivity contribution in [1.82, 2.24) is 9.13 Å². The Morgan fingerprint density at radius 3 is 2.28 bits per heavy atom. The lowest BCUT2D eigenvalue weighted by molar-refractivity contribution is 0.0293. The van der Waals surface area contributed by atoms with Gasteiger partial charge >= 0.3 is 11.7 Å². The fraction of sp³-hybridized carbons (Fsp3) is 0.208. The fourth-order valence-electron chi connectivity index (χ4n) is 3.32. The van der Waals surface area contributed by atoms with E-state index in [-0.39, 0.29) is 24.6 Å². The Bertz CT molecular complexity index is 1340. The van der Waals surface area contributed by atoms with Crippen LogP contribution in [0.25, 0.3) is 10.2 Å². The van der Waals surface area contributed by atoms with Crippen LogP contribution in [0.4, 0.5) is 0 Å². The van der Waals surface area contributed by atoms with Gasteiger partial charge in [0.2, 0.25) is 0 Å². The van der Waals surface area contributed by atoms with Crippen molar-refractivity contribution in [2.45, 2.75) is 13.2 Å². The molecule has 32 heavy (non-hydrogen) atoms. The van der Waals surface area contributed by atoms with Gasteiger partial charge in [-0.3, -0.25) is 13.9 Å². The first kappa shape index (κ1) is 21.7. The highest BCUT2D eigenvalue weighted by molar-refractivity contribution is 7.20. The summed E-state index contributed by atoms with van der Waals surface area (Å²) in [6, 6.07) is 20.5. The molecule has 4 aromatic rings. The van der Waals surface area contributed by atoms with Gasteiger partial charge in [-0.2, -0.15) is 0 Å². The SMILES string of the molecule is Cn1c(=O)n(Cc2ccccc2)c(=O)c2cc(C(=O)OCCOCc3ccccc3)sc21. The third-order valence-corrected chi connectivity index (χ3v) is 6.16. The first-order chi connectivity index (χ1) is 15.5. The molecule has 0 bridgehead atoms. The van der Waals surface area contributed by atoms with Crippen LogP contribution in [0.1, 0.15) is 20.8 Å². The van der Waals surface area contributed by atoms with Crippen molar-refractivity contribution in [2.75, 3.05) is 13.2 Å². The molecule has 0 fully saturated rings. The molecule has 0 aliphatic heterocycles. The molecule has 0 spiro atoms. The number of hydrogen-bond donors (Lipinski definition) is 0. The summed E-state index contributed by atoms with van der Waals surface area (Å²) in [7, 11) is 1.59. The van der Waals surface area contributed by atoms with Gasteiger partial charge in [0, 0.05) is 7.05 Å². The van der Waals surface area contributed by atoms with E-state index in [1.165, 1.54) is 15.2 Å². The van der Waals surface area contributed by atoms with Crippen LogP contribution in [0.3, 0.4) is 0 Å². The molecule has 0 aliphatic carbocycles.